The standard InChI is InChI=1S/C17H22N2O5/c1-18(11-15(20)21)16(22)14-9-5-6-10-19(14)17(23)24-12-13-7-3-2-4-8-13/h2-4,7-8,14H,5-6,9-12H2,1H3,(H,20,21)/t14-/m1/s1. The van der Waals surface area contributed by atoms with Crippen LogP contribution in [-0.2, 0) is 20.9 Å². The molecular weight excluding hydrogens is 312 g/mol. The first-order valence-corrected chi connectivity index (χ1v) is 7.93. The molecule has 1 N–H and O–H groups in total. The van der Waals surface area contributed by atoms with Crippen molar-refractivity contribution in [2.45, 2.75) is 31.9 Å². The number of likely N-dealkylation sites (N-methyl/N-ethyl adjacent to an activating group) is 1. The average molecular weight is 334 g/mol. The number of ether oxygens (including phenoxy) is 1. The van der Waals surface area contributed by atoms with E-state index in [9.17, 15) is 14.4 Å². The molecule has 0 saturated carbocycles. The van der Waals surface area contributed by atoms with Crippen LogP contribution in [0.3, 0.4) is 0 Å². The second-order valence-electron chi connectivity index (χ2n) is 5.83. The highest BCUT2D eigenvalue weighted by molar-refractivity contribution is 5.88. The third kappa shape index (κ3) is 4.71. The van der Waals surface area contributed by atoms with Crippen LogP contribution < -0.4 is 0 Å². The lowest BCUT2D eigenvalue weighted by atomic mass is 10.0. The molecule has 0 spiro atoms. The number of likely N-dealkylation sites (tertiary alicyclic amines) is 1. The molecule has 1 aliphatic heterocycles. The van der Waals surface area contributed by atoms with Gasteiger partial charge in [-0.1, -0.05) is 30.3 Å². The third-order valence-corrected chi connectivity index (χ3v) is 3.98. The van der Waals surface area contributed by atoms with Gasteiger partial charge in [-0.25, -0.2) is 4.79 Å². The Labute approximate surface area is 140 Å². The molecule has 2 amide bonds. The maximum atomic E-state index is 12.4. The van der Waals surface area contributed by atoms with Crippen molar-refractivity contribution in [2.24, 2.45) is 0 Å². The lowest BCUT2D eigenvalue weighted by Gasteiger charge is -2.35. The van der Waals surface area contributed by atoms with Gasteiger partial charge in [0.05, 0.1) is 0 Å². The average Bonchev–Trinajstić information content (AvgIpc) is 2.59. The van der Waals surface area contributed by atoms with Crippen molar-refractivity contribution < 1.29 is 24.2 Å². The Balaban J connectivity index is 1.98. The van der Waals surface area contributed by atoms with E-state index in [4.69, 9.17) is 9.84 Å². The Kier molecular flexibility index (Phi) is 6.17. The highest BCUT2D eigenvalue weighted by Crippen LogP contribution is 2.20. The van der Waals surface area contributed by atoms with Crippen molar-refractivity contribution in [3.05, 3.63) is 35.9 Å². The number of rotatable bonds is 5. The zero-order valence-electron chi connectivity index (χ0n) is 13.7. The number of piperidine rings is 1. The van der Waals surface area contributed by atoms with E-state index < -0.39 is 18.1 Å². The first-order valence-electron chi connectivity index (χ1n) is 7.93. The molecule has 1 aromatic carbocycles. The molecule has 0 bridgehead atoms. The van der Waals surface area contributed by atoms with Crippen LogP contribution in [0.4, 0.5) is 4.79 Å². The van der Waals surface area contributed by atoms with E-state index in [0.717, 1.165) is 23.3 Å². The van der Waals surface area contributed by atoms with Gasteiger partial charge in [0.2, 0.25) is 5.91 Å². The molecule has 0 unspecified atom stereocenters. The van der Waals surface area contributed by atoms with E-state index in [-0.39, 0.29) is 19.1 Å². The fourth-order valence-corrected chi connectivity index (χ4v) is 2.74. The smallest absolute Gasteiger partial charge is 0.410 e. The minimum absolute atomic E-state index is 0.141. The second kappa shape index (κ2) is 8.33. The number of hydrogen-bond donors (Lipinski definition) is 1. The van der Waals surface area contributed by atoms with E-state index >= 15 is 0 Å². The van der Waals surface area contributed by atoms with E-state index in [1.807, 2.05) is 30.3 Å². The summed E-state index contributed by atoms with van der Waals surface area (Å²) in [5.74, 6) is -1.45. The molecule has 1 atom stereocenters. The predicted molar refractivity (Wildman–Crippen MR) is 86.2 cm³/mol. The minimum atomic E-state index is -1.08. The molecule has 7 heteroatoms. The molecule has 0 aliphatic carbocycles. The molecule has 0 aromatic heterocycles. The zero-order chi connectivity index (χ0) is 17.5. The number of nitrogens with zero attached hydrogens (tertiary/aromatic N) is 2. The zero-order valence-corrected chi connectivity index (χ0v) is 13.7. The van der Waals surface area contributed by atoms with Crippen LogP contribution in [0, 0.1) is 0 Å². The third-order valence-electron chi connectivity index (χ3n) is 3.98. The number of benzene rings is 1. The maximum absolute atomic E-state index is 12.4. The fourth-order valence-electron chi connectivity index (χ4n) is 2.74. The molecule has 1 fully saturated rings. The highest BCUT2D eigenvalue weighted by atomic mass is 16.6. The Hall–Kier alpha value is -2.57. The van der Waals surface area contributed by atoms with Crippen molar-refractivity contribution in [1.82, 2.24) is 9.80 Å². The van der Waals surface area contributed by atoms with Crippen LogP contribution in [0.2, 0.25) is 0 Å². The van der Waals surface area contributed by atoms with Crippen LogP contribution in [0.1, 0.15) is 24.8 Å². The van der Waals surface area contributed by atoms with Gasteiger partial charge in [-0.15, -0.1) is 0 Å². The minimum Gasteiger partial charge on any atom is -0.480 e. The summed E-state index contributed by atoms with van der Waals surface area (Å²) in [6.07, 6.45) is 1.59. The number of carboxylic acid groups (broad SMARTS) is 1. The first kappa shape index (κ1) is 17.8. The van der Waals surface area contributed by atoms with E-state index in [0.29, 0.717) is 13.0 Å². The summed E-state index contributed by atoms with van der Waals surface area (Å²) < 4.78 is 5.31. The van der Waals surface area contributed by atoms with Crippen molar-refractivity contribution in [3.8, 4) is 0 Å². The molecule has 1 heterocycles. The summed E-state index contributed by atoms with van der Waals surface area (Å²) in [6.45, 7) is 0.190. The van der Waals surface area contributed by atoms with Gasteiger partial charge in [-0.2, -0.15) is 0 Å². The lowest BCUT2D eigenvalue weighted by molar-refractivity contribution is -0.146. The van der Waals surface area contributed by atoms with Gasteiger partial charge in [-0.3, -0.25) is 14.5 Å². The summed E-state index contributed by atoms with van der Waals surface area (Å²) in [6, 6.07) is 8.64. The largest absolute Gasteiger partial charge is 0.480 e. The summed E-state index contributed by atoms with van der Waals surface area (Å²) >= 11 is 0. The summed E-state index contributed by atoms with van der Waals surface area (Å²) in [4.78, 5) is 38.1. The second-order valence-corrected chi connectivity index (χ2v) is 5.83. The Morgan fingerprint density at radius 2 is 1.96 bits per heavy atom. The summed E-state index contributed by atoms with van der Waals surface area (Å²) in [7, 11) is 1.43. The number of amides is 2. The van der Waals surface area contributed by atoms with Gasteiger partial charge >= 0.3 is 12.1 Å². The topological polar surface area (TPSA) is 87.2 Å². The van der Waals surface area contributed by atoms with Crippen molar-refractivity contribution in [2.75, 3.05) is 20.1 Å². The summed E-state index contributed by atoms with van der Waals surface area (Å²) in [5.41, 5.74) is 0.869. The van der Waals surface area contributed by atoms with Gasteiger partial charge in [0.1, 0.15) is 19.2 Å². The number of carbonyl (C=O) groups is 3. The van der Waals surface area contributed by atoms with Crippen LogP contribution in [0.5, 0.6) is 0 Å². The first-order chi connectivity index (χ1) is 11.5. The van der Waals surface area contributed by atoms with E-state index in [1.165, 1.54) is 11.9 Å². The van der Waals surface area contributed by atoms with Crippen LogP contribution >= 0.6 is 0 Å². The number of carbonyl (C=O) groups excluding carboxylic acids is 2. The van der Waals surface area contributed by atoms with Crippen LogP contribution in [0.15, 0.2) is 30.3 Å². The number of hydrogen-bond acceptors (Lipinski definition) is 4. The molecule has 2 rings (SSSR count). The van der Waals surface area contributed by atoms with E-state index in [1.54, 1.807) is 0 Å². The molecule has 7 nitrogen and oxygen atoms in total. The van der Waals surface area contributed by atoms with Gasteiger partial charge in [-0.05, 0) is 24.8 Å². The van der Waals surface area contributed by atoms with Gasteiger partial charge < -0.3 is 14.7 Å². The van der Waals surface area contributed by atoms with E-state index in [2.05, 4.69) is 0 Å². The Morgan fingerprint density at radius 1 is 1.25 bits per heavy atom. The van der Waals surface area contributed by atoms with Crippen molar-refractivity contribution in [3.63, 3.8) is 0 Å². The Morgan fingerprint density at radius 3 is 2.62 bits per heavy atom. The molecule has 0 radical (unpaired) electrons. The van der Waals surface area contributed by atoms with Crippen LogP contribution in [-0.4, -0.2) is 59.1 Å². The molecule has 130 valence electrons. The fraction of sp³-hybridized carbons (Fsp3) is 0.471. The van der Waals surface area contributed by atoms with Gasteiger partial charge in [0.25, 0.3) is 0 Å². The number of carboxylic acids is 1. The quantitative estimate of drug-likeness (QED) is 0.886. The molecule has 1 aliphatic rings. The predicted octanol–water partition coefficient (Wildman–Crippen LogP) is 1.72. The lowest BCUT2D eigenvalue weighted by Crippen LogP contribution is -2.53. The van der Waals surface area contributed by atoms with Crippen molar-refractivity contribution in [1.29, 1.82) is 0 Å². The van der Waals surface area contributed by atoms with Crippen molar-refractivity contribution >= 4 is 18.0 Å². The van der Waals surface area contributed by atoms with Gasteiger partial charge in [0, 0.05) is 13.6 Å². The van der Waals surface area contributed by atoms with Crippen LogP contribution in [0.25, 0.3) is 0 Å². The number of aliphatic carboxylic acids is 1. The molecule has 1 aromatic rings. The van der Waals surface area contributed by atoms with Gasteiger partial charge in [0.15, 0.2) is 0 Å². The molecule has 1 saturated heterocycles. The summed E-state index contributed by atoms with van der Waals surface area (Å²) in [5, 5.41) is 8.82. The SMILES string of the molecule is CN(CC(=O)O)C(=O)[C@H]1CCCCN1C(=O)OCc1ccccc1. The highest BCUT2D eigenvalue weighted by Gasteiger charge is 2.35. The monoisotopic (exact) mass is 334 g/mol. The maximum Gasteiger partial charge on any atom is 0.410 e. The Bertz CT molecular complexity index is 590. The molecular formula is C17H22N2O5. The molecule has 24 heavy (non-hydrogen) atoms. The normalized spacial score (nSPS) is 17.2.